The molecule has 2 unspecified atom stereocenters. The van der Waals surface area contributed by atoms with Gasteiger partial charge in [-0.3, -0.25) is 4.79 Å². The van der Waals surface area contributed by atoms with Gasteiger partial charge in [0.05, 0.1) is 6.42 Å². The van der Waals surface area contributed by atoms with E-state index in [1.54, 1.807) is 72.8 Å². The van der Waals surface area contributed by atoms with E-state index in [1.807, 2.05) is 6.07 Å². The number of nitrogens with zero attached hydrogens (tertiary/aromatic N) is 1. The minimum Gasteiger partial charge on any atom is -0.426 e. The van der Waals surface area contributed by atoms with Crippen LogP contribution < -0.4 is 4.74 Å². The molecule has 0 spiro atoms. The van der Waals surface area contributed by atoms with Crippen molar-refractivity contribution in [1.29, 1.82) is 0 Å². The molecule has 0 amide bonds. The maximum absolute atomic E-state index is 12.3. The molecule has 0 aliphatic carbocycles. The number of para-hydroxylation sites is 1. The highest BCUT2D eigenvalue weighted by atomic mass is 35.5. The first-order valence-electron chi connectivity index (χ1n) is 9.28. The van der Waals surface area contributed by atoms with Gasteiger partial charge in [0.25, 0.3) is 0 Å². The van der Waals surface area contributed by atoms with E-state index in [9.17, 15) is 15.0 Å². The van der Waals surface area contributed by atoms with Gasteiger partial charge in [-0.1, -0.05) is 66.2 Å². The lowest BCUT2D eigenvalue weighted by molar-refractivity contribution is -0.149. The lowest BCUT2D eigenvalue weighted by Crippen LogP contribution is -2.44. The Labute approximate surface area is 173 Å². The monoisotopic (exact) mass is 409 g/mol. The van der Waals surface area contributed by atoms with Crippen LogP contribution in [0.4, 0.5) is 0 Å². The van der Waals surface area contributed by atoms with E-state index in [0.717, 1.165) is 0 Å². The molecular formula is C23H20ClNO4. The number of hydrogen-bond donors (Lipinski definition) is 2. The highest BCUT2D eigenvalue weighted by Gasteiger charge is 2.49. The fourth-order valence-electron chi connectivity index (χ4n) is 3.71. The number of aliphatic hydroxyl groups excluding tert-OH is 1. The summed E-state index contributed by atoms with van der Waals surface area (Å²) in [5.74, 6) is 0.00790. The zero-order chi connectivity index (χ0) is 20.4. The average Bonchev–Trinajstić information content (AvgIpc) is 2.96. The number of carbonyl (C=O) groups is 1. The molecule has 6 heteroatoms. The molecule has 0 bridgehead atoms. The third kappa shape index (κ3) is 3.66. The molecule has 1 aliphatic heterocycles. The Hall–Kier alpha value is -2.70. The number of ether oxygens (including phenoxy) is 1. The first-order chi connectivity index (χ1) is 14.0. The Kier molecular flexibility index (Phi) is 5.39. The maximum Gasteiger partial charge on any atom is 0.312 e. The van der Waals surface area contributed by atoms with Gasteiger partial charge in [-0.15, -0.1) is 0 Å². The molecule has 0 radical (unpaired) electrons. The van der Waals surface area contributed by atoms with Crippen LogP contribution in [0.1, 0.15) is 29.3 Å². The highest BCUT2D eigenvalue weighted by Crippen LogP contribution is 2.47. The summed E-state index contributed by atoms with van der Waals surface area (Å²) in [6.45, 7) is 0.0979. The molecule has 5 nitrogen and oxygen atoms in total. The summed E-state index contributed by atoms with van der Waals surface area (Å²) in [6, 6.07) is 22.7. The van der Waals surface area contributed by atoms with E-state index >= 15 is 0 Å². The quantitative estimate of drug-likeness (QED) is 0.495. The summed E-state index contributed by atoms with van der Waals surface area (Å²) in [5, 5.41) is 23.1. The summed E-state index contributed by atoms with van der Waals surface area (Å²) < 4.78 is 5.33. The fraction of sp³-hybridized carbons (Fsp3) is 0.174. The molecule has 2 atom stereocenters. The Morgan fingerprint density at radius 3 is 2.38 bits per heavy atom. The molecule has 29 heavy (non-hydrogen) atoms. The van der Waals surface area contributed by atoms with Crippen LogP contribution in [-0.2, 0) is 10.5 Å². The van der Waals surface area contributed by atoms with Crippen molar-refractivity contribution >= 4 is 17.6 Å². The second kappa shape index (κ2) is 7.97. The van der Waals surface area contributed by atoms with Crippen molar-refractivity contribution in [3.05, 3.63) is 101 Å². The smallest absolute Gasteiger partial charge is 0.312 e. The van der Waals surface area contributed by atoms with Crippen LogP contribution in [0, 0.1) is 0 Å². The lowest BCUT2D eigenvalue weighted by atomic mass is 9.94. The number of halogens is 1. The van der Waals surface area contributed by atoms with Crippen molar-refractivity contribution in [1.82, 2.24) is 4.90 Å². The van der Waals surface area contributed by atoms with E-state index in [1.165, 1.54) is 4.90 Å². The highest BCUT2D eigenvalue weighted by molar-refractivity contribution is 6.30. The predicted molar refractivity (Wildman–Crippen MR) is 109 cm³/mol. The van der Waals surface area contributed by atoms with Crippen LogP contribution in [0.15, 0.2) is 78.9 Å². The Bertz CT molecular complexity index is 1010. The van der Waals surface area contributed by atoms with Crippen molar-refractivity contribution in [2.24, 2.45) is 0 Å². The second-order valence-corrected chi connectivity index (χ2v) is 7.31. The van der Waals surface area contributed by atoms with E-state index < -0.39 is 17.9 Å². The molecule has 0 saturated carbocycles. The van der Waals surface area contributed by atoms with Gasteiger partial charge >= 0.3 is 5.97 Å². The van der Waals surface area contributed by atoms with Gasteiger partial charge in [0.15, 0.2) is 5.72 Å². The summed E-state index contributed by atoms with van der Waals surface area (Å²) in [4.78, 5) is 13.8. The van der Waals surface area contributed by atoms with Crippen LogP contribution in [0.3, 0.4) is 0 Å². The number of hydrogen-bond acceptors (Lipinski definition) is 5. The average molecular weight is 410 g/mol. The number of carbonyl (C=O) groups excluding carboxylic acids is 1. The number of benzene rings is 3. The van der Waals surface area contributed by atoms with Crippen LogP contribution in [0.25, 0.3) is 0 Å². The van der Waals surface area contributed by atoms with Gasteiger partial charge in [0.2, 0.25) is 0 Å². The van der Waals surface area contributed by atoms with Gasteiger partial charge in [-0.2, -0.15) is 0 Å². The van der Waals surface area contributed by atoms with Crippen molar-refractivity contribution < 1.29 is 19.7 Å². The molecule has 1 heterocycles. The standard InChI is InChI=1S/C23H20ClNO4/c24-17-12-10-16(11-13-17)23(28)20-9-5-4-8-19(20)22(27)25(23)15-14-21(26)29-18-6-2-1-3-7-18/h1-13,22,27-28H,14-15H2. The van der Waals surface area contributed by atoms with E-state index in [4.69, 9.17) is 16.3 Å². The molecule has 148 valence electrons. The second-order valence-electron chi connectivity index (χ2n) is 6.87. The minimum absolute atomic E-state index is 0.00412. The Balaban J connectivity index is 1.60. The number of fused-ring (bicyclic) bond motifs is 1. The summed E-state index contributed by atoms with van der Waals surface area (Å²) in [5.41, 5.74) is 0.142. The molecule has 3 aromatic rings. The summed E-state index contributed by atoms with van der Waals surface area (Å²) in [6.07, 6.45) is -1.06. The molecule has 3 aromatic carbocycles. The van der Waals surface area contributed by atoms with Crippen LogP contribution in [0.5, 0.6) is 5.75 Å². The Morgan fingerprint density at radius 2 is 1.66 bits per heavy atom. The SMILES string of the molecule is O=C(CCN1C(O)c2ccccc2C1(O)c1ccc(Cl)cc1)Oc1ccccc1. The zero-order valence-corrected chi connectivity index (χ0v) is 16.3. The van der Waals surface area contributed by atoms with Gasteiger partial charge in [0.1, 0.15) is 12.0 Å². The van der Waals surface area contributed by atoms with Crippen molar-refractivity contribution in [2.45, 2.75) is 18.4 Å². The number of aliphatic hydroxyl groups is 2. The van der Waals surface area contributed by atoms with E-state index in [-0.39, 0.29) is 13.0 Å². The summed E-state index contributed by atoms with van der Waals surface area (Å²) in [7, 11) is 0. The zero-order valence-electron chi connectivity index (χ0n) is 15.5. The summed E-state index contributed by atoms with van der Waals surface area (Å²) >= 11 is 6.00. The van der Waals surface area contributed by atoms with Crippen molar-refractivity contribution in [3.63, 3.8) is 0 Å². The minimum atomic E-state index is -1.59. The molecule has 0 saturated heterocycles. The lowest BCUT2D eigenvalue weighted by Gasteiger charge is -2.36. The largest absolute Gasteiger partial charge is 0.426 e. The van der Waals surface area contributed by atoms with Gasteiger partial charge in [-0.05, 0) is 24.3 Å². The van der Waals surface area contributed by atoms with Crippen LogP contribution in [-0.4, -0.2) is 27.6 Å². The molecule has 0 aromatic heterocycles. The van der Waals surface area contributed by atoms with Gasteiger partial charge in [-0.25, -0.2) is 4.90 Å². The first kappa shape index (κ1) is 19.6. The molecule has 1 aliphatic rings. The van der Waals surface area contributed by atoms with E-state index in [2.05, 4.69) is 0 Å². The van der Waals surface area contributed by atoms with E-state index in [0.29, 0.717) is 27.5 Å². The first-order valence-corrected chi connectivity index (χ1v) is 9.66. The fourth-order valence-corrected chi connectivity index (χ4v) is 3.84. The predicted octanol–water partition coefficient (Wildman–Crippen LogP) is 3.84. The van der Waals surface area contributed by atoms with Gasteiger partial charge in [0, 0.05) is 28.3 Å². The molecular weight excluding hydrogens is 390 g/mol. The Morgan fingerprint density at radius 1 is 1.00 bits per heavy atom. The van der Waals surface area contributed by atoms with Crippen molar-refractivity contribution in [3.8, 4) is 5.75 Å². The molecule has 2 N–H and O–H groups in total. The normalized spacial score (nSPS) is 21.0. The van der Waals surface area contributed by atoms with Crippen LogP contribution >= 0.6 is 11.6 Å². The topological polar surface area (TPSA) is 70.0 Å². The van der Waals surface area contributed by atoms with Gasteiger partial charge < -0.3 is 14.9 Å². The molecule has 0 fully saturated rings. The number of rotatable bonds is 5. The van der Waals surface area contributed by atoms with Crippen molar-refractivity contribution in [2.75, 3.05) is 6.54 Å². The maximum atomic E-state index is 12.3. The van der Waals surface area contributed by atoms with Crippen LogP contribution in [0.2, 0.25) is 5.02 Å². The molecule has 4 rings (SSSR count). The number of esters is 1. The third-order valence-electron chi connectivity index (χ3n) is 5.10. The third-order valence-corrected chi connectivity index (χ3v) is 5.36.